The van der Waals surface area contributed by atoms with Crippen molar-refractivity contribution in [3.63, 3.8) is 0 Å². The third kappa shape index (κ3) is 5.55. The molecule has 2 aromatic rings. The third-order valence-electron chi connectivity index (χ3n) is 3.93. The van der Waals surface area contributed by atoms with E-state index in [1.165, 1.54) is 19.4 Å². The number of benzene rings is 2. The molecule has 1 N–H and O–H groups in total. The highest BCUT2D eigenvalue weighted by atomic mass is 35.5. The fourth-order valence-electron chi connectivity index (χ4n) is 2.27. The molecule has 29 heavy (non-hydrogen) atoms. The summed E-state index contributed by atoms with van der Waals surface area (Å²) in [5.74, 6) is 0.834. The number of hydrazone groups is 1. The summed E-state index contributed by atoms with van der Waals surface area (Å²) in [4.78, 5) is 20.5. The van der Waals surface area contributed by atoms with Crippen LogP contribution in [-0.4, -0.2) is 29.3 Å². The molecule has 11 heteroatoms. The highest BCUT2D eigenvalue weighted by molar-refractivity contribution is 6.32. The van der Waals surface area contributed by atoms with Crippen molar-refractivity contribution in [2.24, 2.45) is 5.10 Å². The number of rotatable bonds is 9. The van der Waals surface area contributed by atoms with Crippen LogP contribution >= 0.6 is 11.6 Å². The van der Waals surface area contributed by atoms with Gasteiger partial charge in [-0.3, -0.25) is 25.7 Å². The van der Waals surface area contributed by atoms with E-state index in [9.17, 15) is 20.2 Å². The van der Waals surface area contributed by atoms with Crippen LogP contribution in [0.3, 0.4) is 0 Å². The molecule has 1 atom stereocenters. The Hall–Kier alpha value is -3.40. The Morgan fingerprint density at radius 3 is 2.55 bits per heavy atom. The van der Waals surface area contributed by atoms with Gasteiger partial charge in [0.2, 0.25) is 0 Å². The fraction of sp³-hybridized carbons (Fsp3) is 0.278. The summed E-state index contributed by atoms with van der Waals surface area (Å²) in [6.45, 7) is 3.89. The monoisotopic (exact) mass is 422 g/mol. The maximum absolute atomic E-state index is 11.2. The Kier molecular flexibility index (Phi) is 7.32. The number of nitrogens with one attached hydrogen (secondary N) is 1. The molecule has 154 valence electrons. The van der Waals surface area contributed by atoms with Gasteiger partial charge in [-0.05, 0) is 37.1 Å². The zero-order chi connectivity index (χ0) is 21.6. The average molecular weight is 423 g/mol. The van der Waals surface area contributed by atoms with Crippen molar-refractivity contribution >= 4 is 34.9 Å². The van der Waals surface area contributed by atoms with E-state index in [1.54, 1.807) is 12.1 Å². The Balaban J connectivity index is 2.25. The van der Waals surface area contributed by atoms with Gasteiger partial charge in [-0.15, -0.1) is 0 Å². The number of hydrogen-bond donors (Lipinski definition) is 1. The van der Waals surface area contributed by atoms with Crippen LogP contribution in [0.4, 0.5) is 17.1 Å². The minimum absolute atomic E-state index is 0.00614. The number of nitro groups is 2. The molecule has 2 aromatic carbocycles. The van der Waals surface area contributed by atoms with E-state index in [2.05, 4.69) is 10.5 Å². The zero-order valence-electron chi connectivity index (χ0n) is 15.9. The molecule has 0 fully saturated rings. The third-order valence-corrected chi connectivity index (χ3v) is 4.21. The Bertz CT molecular complexity index is 950. The minimum atomic E-state index is -0.730. The number of ether oxygens (including phenoxy) is 2. The summed E-state index contributed by atoms with van der Waals surface area (Å²) in [6, 6.07) is 6.48. The van der Waals surface area contributed by atoms with Gasteiger partial charge in [0.25, 0.3) is 5.69 Å². The van der Waals surface area contributed by atoms with Crippen LogP contribution in [0.2, 0.25) is 5.02 Å². The van der Waals surface area contributed by atoms with Crippen molar-refractivity contribution < 1.29 is 19.3 Å². The van der Waals surface area contributed by atoms with Gasteiger partial charge < -0.3 is 9.47 Å². The van der Waals surface area contributed by atoms with E-state index < -0.39 is 15.5 Å². The lowest BCUT2D eigenvalue weighted by Crippen LogP contribution is -2.11. The molecule has 0 aliphatic carbocycles. The maximum atomic E-state index is 11.2. The molecule has 0 amide bonds. The van der Waals surface area contributed by atoms with Gasteiger partial charge in [0.05, 0.1) is 40.4 Å². The van der Waals surface area contributed by atoms with Crippen LogP contribution in [0.15, 0.2) is 35.4 Å². The number of anilines is 1. The summed E-state index contributed by atoms with van der Waals surface area (Å²) in [5, 5.41) is 26.2. The number of nitrogens with zero attached hydrogens (tertiary/aromatic N) is 3. The Morgan fingerprint density at radius 2 is 1.97 bits per heavy atom. The van der Waals surface area contributed by atoms with Crippen molar-refractivity contribution in [3.8, 4) is 11.5 Å². The van der Waals surface area contributed by atoms with Gasteiger partial charge >= 0.3 is 5.69 Å². The lowest BCUT2D eigenvalue weighted by atomic mass is 10.2. The maximum Gasteiger partial charge on any atom is 0.301 e. The molecule has 0 aromatic heterocycles. The van der Waals surface area contributed by atoms with Crippen LogP contribution in [0.1, 0.15) is 25.8 Å². The minimum Gasteiger partial charge on any atom is -0.493 e. The van der Waals surface area contributed by atoms with E-state index in [0.29, 0.717) is 22.1 Å². The number of hydrogen-bond acceptors (Lipinski definition) is 8. The number of halogens is 1. The first-order chi connectivity index (χ1) is 13.8. The molecule has 0 heterocycles. The smallest absolute Gasteiger partial charge is 0.301 e. The molecule has 0 radical (unpaired) electrons. The summed E-state index contributed by atoms with van der Waals surface area (Å²) in [7, 11) is 1.48. The quantitative estimate of drug-likeness (QED) is 0.349. The van der Waals surface area contributed by atoms with Crippen molar-refractivity contribution in [2.75, 3.05) is 12.5 Å². The molecular weight excluding hydrogens is 404 g/mol. The van der Waals surface area contributed by atoms with Crippen LogP contribution in [-0.2, 0) is 0 Å². The first-order valence-electron chi connectivity index (χ1n) is 8.52. The second-order valence-electron chi connectivity index (χ2n) is 5.96. The molecular formula is C18H19ClN4O6. The lowest BCUT2D eigenvalue weighted by Gasteiger charge is -2.17. The Labute approximate surface area is 171 Å². The summed E-state index contributed by atoms with van der Waals surface area (Å²) >= 11 is 6.28. The summed E-state index contributed by atoms with van der Waals surface area (Å²) < 4.78 is 11.1. The summed E-state index contributed by atoms with van der Waals surface area (Å²) in [5.41, 5.74) is 2.22. The van der Waals surface area contributed by atoms with Crippen molar-refractivity contribution in [1.82, 2.24) is 0 Å². The van der Waals surface area contributed by atoms with E-state index in [1.807, 2.05) is 13.8 Å². The topological polar surface area (TPSA) is 129 Å². The summed E-state index contributed by atoms with van der Waals surface area (Å²) in [6.07, 6.45) is 2.12. The highest BCUT2D eigenvalue weighted by Gasteiger charge is 2.19. The van der Waals surface area contributed by atoms with Gasteiger partial charge in [0, 0.05) is 6.07 Å². The lowest BCUT2D eigenvalue weighted by molar-refractivity contribution is -0.393. The molecule has 0 bridgehead atoms. The fourth-order valence-corrected chi connectivity index (χ4v) is 2.53. The van der Waals surface area contributed by atoms with Crippen molar-refractivity contribution in [3.05, 3.63) is 61.1 Å². The molecule has 0 unspecified atom stereocenters. The largest absolute Gasteiger partial charge is 0.493 e. The van der Waals surface area contributed by atoms with Crippen molar-refractivity contribution in [2.45, 2.75) is 26.4 Å². The standard InChI is InChI=1S/C18H19ClN4O6/c1-4-11(2)29-18-14(19)7-12(8-17(18)28-3)10-20-21-15-6-5-13(22(24)25)9-16(15)23(26)27/h5-11,21H,4H2,1-3H3/b20-10-/t11-/m0/s1. The average Bonchev–Trinajstić information content (AvgIpc) is 2.69. The van der Waals surface area contributed by atoms with Gasteiger partial charge in [-0.1, -0.05) is 18.5 Å². The second-order valence-corrected chi connectivity index (χ2v) is 6.36. The number of non-ortho nitro benzene ring substituents is 1. The first-order valence-corrected chi connectivity index (χ1v) is 8.90. The SMILES string of the molecule is CC[C@H](C)Oc1c(Cl)cc(/C=N\Nc2ccc([N+](=O)[O-])cc2[N+](=O)[O-])cc1OC. The molecule has 10 nitrogen and oxygen atoms in total. The van der Waals surface area contributed by atoms with Gasteiger partial charge in [0.15, 0.2) is 11.5 Å². The molecule has 0 aliphatic rings. The van der Waals surface area contributed by atoms with Gasteiger partial charge in [-0.2, -0.15) is 5.10 Å². The van der Waals surface area contributed by atoms with Crippen LogP contribution in [0.25, 0.3) is 0 Å². The zero-order valence-corrected chi connectivity index (χ0v) is 16.7. The second kappa shape index (κ2) is 9.69. The molecule has 2 rings (SSSR count). The van der Waals surface area contributed by atoms with E-state index >= 15 is 0 Å². The van der Waals surface area contributed by atoms with E-state index in [0.717, 1.165) is 18.6 Å². The molecule has 0 aliphatic heterocycles. The van der Waals surface area contributed by atoms with Crippen LogP contribution < -0.4 is 14.9 Å². The Morgan fingerprint density at radius 1 is 1.24 bits per heavy atom. The van der Waals surface area contributed by atoms with Gasteiger partial charge in [-0.25, -0.2) is 0 Å². The van der Waals surface area contributed by atoms with Crippen molar-refractivity contribution in [1.29, 1.82) is 0 Å². The highest BCUT2D eigenvalue weighted by Crippen LogP contribution is 2.37. The predicted octanol–water partition coefficient (Wildman–Crippen LogP) is 4.79. The normalized spacial score (nSPS) is 11.9. The van der Waals surface area contributed by atoms with E-state index in [-0.39, 0.29) is 17.5 Å². The number of methoxy groups -OCH3 is 1. The van der Waals surface area contributed by atoms with Crippen LogP contribution in [0, 0.1) is 20.2 Å². The van der Waals surface area contributed by atoms with Crippen LogP contribution in [0.5, 0.6) is 11.5 Å². The predicted molar refractivity (Wildman–Crippen MR) is 109 cm³/mol. The molecule has 0 saturated heterocycles. The number of nitro benzene ring substituents is 2. The molecule has 0 spiro atoms. The van der Waals surface area contributed by atoms with E-state index in [4.69, 9.17) is 21.1 Å². The van der Waals surface area contributed by atoms with Gasteiger partial charge in [0.1, 0.15) is 5.69 Å². The molecule has 0 saturated carbocycles. The first kappa shape index (κ1) is 21.9.